The highest BCUT2D eigenvalue weighted by Gasteiger charge is 2.41. The van der Waals surface area contributed by atoms with E-state index in [2.05, 4.69) is 16.9 Å². The first kappa shape index (κ1) is 14.6. The van der Waals surface area contributed by atoms with Gasteiger partial charge in [-0.25, -0.2) is 0 Å². The van der Waals surface area contributed by atoms with Gasteiger partial charge in [-0.15, -0.1) is 0 Å². The van der Waals surface area contributed by atoms with Gasteiger partial charge < -0.3 is 19.1 Å². The Morgan fingerprint density at radius 2 is 2.00 bits per heavy atom. The van der Waals surface area contributed by atoms with Gasteiger partial charge in [0.25, 0.3) is 0 Å². The molecular weight excluding hydrogens is 268 g/mol. The van der Waals surface area contributed by atoms with Crippen molar-refractivity contribution in [3.63, 3.8) is 0 Å². The van der Waals surface area contributed by atoms with E-state index in [1.165, 1.54) is 0 Å². The summed E-state index contributed by atoms with van der Waals surface area (Å²) in [6, 6.07) is 6.41. The van der Waals surface area contributed by atoms with E-state index in [-0.39, 0.29) is 5.79 Å². The molecule has 1 spiro atoms. The van der Waals surface area contributed by atoms with Gasteiger partial charge in [0.05, 0.1) is 19.8 Å². The number of pyridine rings is 1. The maximum absolute atomic E-state index is 5.79. The SMILES string of the molecule is CCOc1cccc(N(C)C2CCC3(CC2)OCCO3)n1. The molecule has 2 fully saturated rings. The molecule has 2 heterocycles. The van der Waals surface area contributed by atoms with Crippen molar-refractivity contribution in [3.05, 3.63) is 18.2 Å². The Bertz CT molecular complexity index is 464. The van der Waals surface area contributed by atoms with Crippen molar-refractivity contribution in [1.29, 1.82) is 0 Å². The van der Waals surface area contributed by atoms with Crippen molar-refractivity contribution < 1.29 is 14.2 Å². The maximum Gasteiger partial charge on any atom is 0.215 e. The molecule has 0 bridgehead atoms. The molecule has 116 valence electrons. The van der Waals surface area contributed by atoms with E-state index in [0.717, 1.165) is 44.7 Å². The largest absolute Gasteiger partial charge is 0.478 e. The van der Waals surface area contributed by atoms with Gasteiger partial charge in [-0.2, -0.15) is 4.98 Å². The molecule has 0 amide bonds. The lowest BCUT2D eigenvalue weighted by atomic mass is 9.89. The standard InChI is InChI=1S/C16H24N2O3/c1-3-19-15-6-4-5-14(17-15)18(2)13-7-9-16(10-8-13)20-11-12-21-16/h4-6,13H,3,7-12H2,1-2H3. The number of hydrogen-bond acceptors (Lipinski definition) is 5. The normalized spacial score (nSPS) is 21.6. The molecule has 1 saturated heterocycles. The third kappa shape index (κ3) is 3.14. The minimum absolute atomic E-state index is 0.294. The molecule has 5 heteroatoms. The Hall–Kier alpha value is -1.33. The number of anilines is 1. The molecule has 1 aliphatic carbocycles. The monoisotopic (exact) mass is 292 g/mol. The summed E-state index contributed by atoms with van der Waals surface area (Å²) in [5, 5.41) is 0. The summed E-state index contributed by atoms with van der Waals surface area (Å²) >= 11 is 0. The van der Waals surface area contributed by atoms with Gasteiger partial charge in [0.1, 0.15) is 5.82 Å². The molecule has 0 N–H and O–H groups in total. The lowest BCUT2D eigenvalue weighted by molar-refractivity contribution is -0.178. The molecule has 1 aromatic heterocycles. The highest BCUT2D eigenvalue weighted by Crippen LogP contribution is 2.37. The van der Waals surface area contributed by atoms with Crippen LogP contribution in [0.2, 0.25) is 0 Å². The Morgan fingerprint density at radius 3 is 2.67 bits per heavy atom. The molecule has 21 heavy (non-hydrogen) atoms. The first-order chi connectivity index (χ1) is 10.2. The third-order valence-electron chi connectivity index (χ3n) is 4.44. The van der Waals surface area contributed by atoms with Crippen LogP contribution in [0.3, 0.4) is 0 Å². The fourth-order valence-electron chi connectivity index (χ4n) is 3.23. The number of rotatable bonds is 4. The predicted octanol–water partition coefficient (Wildman–Crippen LogP) is 2.60. The van der Waals surface area contributed by atoms with Crippen molar-refractivity contribution in [3.8, 4) is 5.88 Å². The van der Waals surface area contributed by atoms with Crippen molar-refractivity contribution in [2.24, 2.45) is 0 Å². The van der Waals surface area contributed by atoms with Crippen LogP contribution in [0.1, 0.15) is 32.6 Å². The molecular formula is C16H24N2O3. The van der Waals surface area contributed by atoms with Gasteiger partial charge in [0.15, 0.2) is 5.79 Å². The number of hydrogen-bond donors (Lipinski definition) is 0. The van der Waals surface area contributed by atoms with E-state index < -0.39 is 0 Å². The average molecular weight is 292 g/mol. The Balaban J connectivity index is 1.63. The van der Waals surface area contributed by atoms with Crippen LogP contribution in [0.5, 0.6) is 5.88 Å². The van der Waals surface area contributed by atoms with Crippen LogP contribution in [0.15, 0.2) is 18.2 Å². The van der Waals surface area contributed by atoms with Crippen molar-refractivity contribution in [2.75, 3.05) is 31.8 Å². The van der Waals surface area contributed by atoms with Crippen LogP contribution < -0.4 is 9.64 Å². The number of aromatic nitrogens is 1. The van der Waals surface area contributed by atoms with Crippen molar-refractivity contribution in [1.82, 2.24) is 4.98 Å². The zero-order chi connectivity index (χ0) is 14.7. The molecule has 3 rings (SSSR count). The maximum atomic E-state index is 5.79. The van der Waals surface area contributed by atoms with Gasteiger partial charge in [-0.05, 0) is 25.8 Å². The average Bonchev–Trinajstić information content (AvgIpc) is 2.96. The van der Waals surface area contributed by atoms with Crippen LogP contribution in [-0.2, 0) is 9.47 Å². The van der Waals surface area contributed by atoms with Crippen LogP contribution in [0, 0.1) is 0 Å². The number of nitrogens with zero attached hydrogens (tertiary/aromatic N) is 2. The first-order valence-corrected chi connectivity index (χ1v) is 7.83. The highest BCUT2D eigenvalue weighted by atomic mass is 16.7. The van der Waals surface area contributed by atoms with Crippen molar-refractivity contribution in [2.45, 2.75) is 44.4 Å². The van der Waals surface area contributed by atoms with E-state index in [1.807, 2.05) is 25.1 Å². The van der Waals surface area contributed by atoms with E-state index in [1.54, 1.807) is 0 Å². The van der Waals surface area contributed by atoms with Crippen LogP contribution in [-0.4, -0.2) is 43.7 Å². The van der Waals surface area contributed by atoms with E-state index in [0.29, 0.717) is 18.5 Å². The molecule has 0 aromatic carbocycles. The fourth-order valence-corrected chi connectivity index (χ4v) is 3.23. The highest BCUT2D eigenvalue weighted by molar-refractivity contribution is 5.41. The molecule has 0 radical (unpaired) electrons. The van der Waals surface area contributed by atoms with Crippen LogP contribution in [0.25, 0.3) is 0 Å². The summed E-state index contributed by atoms with van der Waals surface area (Å²) in [6.45, 7) is 4.08. The minimum atomic E-state index is -0.294. The summed E-state index contributed by atoms with van der Waals surface area (Å²) in [7, 11) is 2.11. The summed E-state index contributed by atoms with van der Waals surface area (Å²) < 4.78 is 17.1. The van der Waals surface area contributed by atoms with Gasteiger partial charge in [0, 0.05) is 32.0 Å². The Kier molecular flexibility index (Phi) is 4.31. The Labute approximate surface area is 126 Å². The van der Waals surface area contributed by atoms with Gasteiger partial charge in [0.2, 0.25) is 5.88 Å². The lowest BCUT2D eigenvalue weighted by Crippen LogP contribution is -2.43. The zero-order valence-electron chi connectivity index (χ0n) is 12.9. The van der Waals surface area contributed by atoms with Gasteiger partial charge >= 0.3 is 0 Å². The summed E-state index contributed by atoms with van der Waals surface area (Å²) in [5.41, 5.74) is 0. The molecule has 5 nitrogen and oxygen atoms in total. The second-order valence-corrected chi connectivity index (χ2v) is 5.72. The predicted molar refractivity (Wildman–Crippen MR) is 80.7 cm³/mol. The second kappa shape index (κ2) is 6.20. The van der Waals surface area contributed by atoms with E-state index in [4.69, 9.17) is 14.2 Å². The summed E-state index contributed by atoms with van der Waals surface area (Å²) in [5.74, 6) is 1.37. The quantitative estimate of drug-likeness (QED) is 0.853. The third-order valence-corrected chi connectivity index (χ3v) is 4.44. The van der Waals surface area contributed by atoms with Crippen molar-refractivity contribution >= 4 is 5.82 Å². The molecule has 0 atom stereocenters. The fraction of sp³-hybridized carbons (Fsp3) is 0.688. The molecule has 2 aliphatic rings. The molecule has 1 aliphatic heterocycles. The first-order valence-electron chi connectivity index (χ1n) is 7.83. The van der Waals surface area contributed by atoms with Gasteiger partial charge in [-0.1, -0.05) is 6.07 Å². The molecule has 1 aromatic rings. The smallest absolute Gasteiger partial charge is 0.215 e. The lowest BCUT2D eigenvalue weighted by Gasteiger charge is -2.39. The summed E-state index contributed by atoms with van der Waals surface area (Å²) in [4.78, 5) is 6.82. The second-order valence-electron chi connectivity index (χ2n) is 5.72. The van der Waals surface area contributed by atoms with E-state index in [9.17, 15) is 0 Å². The van der Waals surface area contributed by atoms with Gasteiger partial charge in [-0.3, -0.25) is 0 Å². The molecule has 1 saturated carbocycles. The zero-order valence-corrected chi connectivity index (χ0v) is 12.9. The Morgan fingerprint density at radius 1 is 1.29 bits per heavy atom. The topological polar surface area (TPSA) is 43.8 Å². The molecule has 0 unspecified atom stereocenters. The number of ether oxygens (including phenoxy) is 3. The van der Waals surface area contributed by atoms with Crippen LogP contribution in [0.4, 0.5) is 5.82 Å². The summed E-state index contributed by atoms with van der Waals surface area (Å²) in [6.07, 6.45) is 4.06. The van der Waals surface area contributed by atoms with Crippen LogP contribution >= 0.6 is 0 Å². The van der Waals surface area contributed by atoms with E-state index >= 15 is 0 Å². The minimum Gasteiger partial charge on any atom is -0.478 e.